The van der Waals surface area contributed by atoms with Crippen LogP contribution >= 0.6 is 0 Å². The van der Waals surface area contributed by atoms with Crippen LogP contribution in [-0.4, -0.2) is 24.5 Å². The fraction of sp³-hybridized carbons (Fsp3) is 0.176. The van der Waals surface area contributed by atoms with Gasteiger partial charge >= 0.3 is 5.97 Å². The highest BCUT2D eigenvalue weighted by Crippen LogP contribution is 2.30. The Morgan fingerprint density at radius 3 is 2.62 bits per heavy atom. The smallest absolute Gasteiger partial charge is 0.337 e. The first-order valence-corrected chi connectivity index (χ1v) is 6.60. The summed E-state index contributed by atoms with van der Waals surface area (Å²) in [6, 6.07) is 10.4. The molecule has 0 fully saturated rings. The van der Waals surface area contributed by atoms with Crippen molar-refractivity contribution in [2.24, 2.45) is 0 Å². The monoisotopic (exact) mass is 284 g/mol. The predicted molar refractivity (Wildman–Crippen MR) is 79.6 cm³/mol. The topological polar surface area (TPSA) is 63.6 Å². The Morgan fingerprint density at radius 1 is 1.24 bits per heavy atom. The first kappa shape index (κ1) is 14.8. The van der Waals surface area contributed by atoms with Gasteiger partial charge < -0.3 is 9.84 Å². The summed E-state index contributed by atoms with van der Waals surface area (Å²) < 4.78 is 4.70. The SMILES string of the molecule is CCc1cc(-c2cccc(C(=O)OC)c2)cc(C=O)c1O. The van der Waals surface area contributed by atoms with E-state index in [-0.39, 0.29) is 11.3 Å². The van der Waals surface area contributed by atoms with E-state index in [0.717, 1.165) is 11.1 Å². The van der Waals surface area contributed by atoms with Crippen molar-refractivity contribution in [3.63, 3.8) is 0 Å². The minimum Gasteiger partial charge on any atom is -0.507 e. The Balaban J connectivity index is 2.56. The molecule has 2 aromatic rings. The van der Waals surface area contributed by atoms with Gasteiger partial charge in [0.05, 0.1) is 18.2 Å². The molecule has 2 rings (SSSR count). The summed E-state index contributed by atoms with van der Waals surface area (Å²) in [5.74, 6) is -0.401. The maximum absolute atomic E-state index is 11.6. The molecule has 0 atom stereocenters. The van der Waals surface area contributed by atoms with Crippen LogP contribution in [0.15, 0.2) is 36.4 Å². The molecule has 4 heteroatoms. The molecule has 0 aliphatic rings. The third kappa shape index (κ3) is 2.94. The molecule has 0 aliphatic carbocycles. The number of benzene rings is 2. The number of carbonyl (C=O) groups is 2. The number of phenols is 1. The fourth-order valence-corrected chi connectivity index (χ4v) is 2.19. The van der Waals surface area contributed by atoms with Gasteiger partial charge in [0.2, 0.25) is 0 Å². The van der Waals surface area contributed by atoms with Crippen molar-refractivity contribution in [2.45, 2.75) is 13.3 Å². The van der Waals surface area contributed by atoms with Crippen molar-refractivity contribution in [3.05, 3.63) is 53.1 Å². The van der Waals surface area contributed by atoms with E-state index in [2.05, 4.69) is 0 Å². The highest BCUT2D eigenvalue weighted by Gasteiger charge is 2.11. The largest absolute Gasteiger partial charge is 0.507 e. The third-order valence-electron chi connectivity index (χ3n) is 3.34. The number of aldehydes is 1. The maximum Gasteiger partial charge on any atom is 0.337 e. The van der Waals surface area contributed by atoms with E-state index in [1.165, 1.54) is 7.11 Å². The fourth-order valence-electron chi connectivity index (χ4n) is 2.19. The highest BCUT2D eigenvalue weighted by atomic mass is 16.5. The number of methoxy groups -OCH3 is 1. The molecule has 0 unspecified atom stereocenters. The number of rotatable bonds is 4. The van der Waals surface area contributed by atoms with Crippen molar-refractivity contribution in [1.29, 1.82) is 0 Å². The quantitative estimate of drug-likeness (QED) is 0.691. The van der Waals surface area contributed by atoms with E-state index in [9.17, 15) is 14.7 Å². The van der Waals surface area contributed by atoms with Gasteiger partial charge in [-0.15, -0.1) is 0 Å². The number of phenolic OH excluding ortho intramolecular Hbond substituents is 1. The van der Waals surface area contributed by atoms with Gasteiger partial charge in [-0.2, -0.15) is 0 Å². The Bertz CT molecular complexity index is 689. The molecule has 4 nitrogen and oxygen atoms in total. The van der Waals surface area contributed by atoms with Gasteiger partial charge in [0.1, 0.15) is 5.75 Å². The maximum atomic E-state index is 11.6. The van der Waals surface area contributed by atoms with Crippen molar-refractivity contribution >= 4 is 12.3 Å². The standard InChI is InChI=1S/C17H16O4/c1-3-11-7-14(9-15(10-18)16(11)19)12-5-4-6-13(8-12)17(20)21-2/h4-10,19H,3H2,1-2H3. The average Bonchev–Trinajstić information content (AvgIpc) is 2.54. The summed E-state index contributed by atoms with van der Waals surface area (Å²) in [6.07, 6.45) is 1.24. The number of hydrogen-bond donors (Lipinski definition) is 1. The molecule has 2 aromatic carbocycles. The lowest BCUT2D eigenvalue weighted by atomic mass is 9.97. The lowest BCUT2D eigenvalue weighted by Crippen LogP contribution is -2.01. The lowest BCUT2D eigenvalue weighted by Gasteiger charge is -2.10. The molecule has 0 spiro atoms. The normalized spacial score (nSPS) is 10.2. The van der Waals surface area contributed by atoms with Crippen LogP contribution < -0.4 is 0 Å². The Hall–Kier alpha value is -2.62. The number of aromatic hydroxyl groups is 1. The van der Waals surface area contributed by atoms with E-state index < -0.39 is 5.97 Å². The van der Waals surface area contributed by atoms with Crippen molar-refractivity contribution in [2.75, 3.05) is 7.11 Å². The van der Waals surface area contributed by atoms with Crippen LogP contribution in [0, 0.1) is 0 Å². The van der Waals surface area contributed by atoms with Crippen LogP contribution in [0.25, 0.3) is 11.1 Å². The summed E-state index contributed by atoms with van der Waals surface area (Å²) >= 11 is 0. The number of ether oxygens (including phenoxy) is 1. The summed E-state index contributed by atoms with van der Waals surface area (Å²) in [5.41, 5.74) is 2.94. The molecule has 21 heavy (non-hydrogen) atoms. The van der Waals surface area contributed by atoms with Crippen LogP contribution in [0.5, 0.6) is 5.75 Å². The molecule has 0 radical (unpaired) electrons. The summed E-state index contributed by atoms with van der Waals surface area (Å²) in [4.78, 5) is 22.6. The van der Waals surface area contributed by atoms with Gasteiger partial charge in [-0.05, 0) is 47.4 Å². The second-order valence-electron chi connectivity index (χ2n) is 4.62. The molecule has 0 aliphatic heterocycles. The number of hydrogen-bond acceptors (Lipinski definition) is 4. The van der Waals surface area contributed by atoms with Gasteiger partial charge in [-0.1, -0.05) is 19.1 Å². The first-order chi connectivity index (χ1) is 10.1. The number of aryl methyl sites for hydroxylation is 1. The second kappa shape index (κ2) is 6.22. The predicted octanol–water partition coefficient (Wildman–Crippen LogP) is 3.22. The second-order valence-corrected chi connectivity index (χ2v) is 4.62. The van der Waals surface area contributed by atoms with Crippen LogP contribution in [-0.2, 0) is 11.2 Å². The van der Waals surface area contributed by atoms with E-state index in [1.54, 1.807) is 24.3 Å². The van der Waals surface area contributed by atoms with Crippen LogP contribution in [0.3, 0.4) is 0 Å². The lowest BCUT2D eigenvalue weighted by molar-refractivity contribution is 0.0600. The molecule has 108 valence electrons. The molecule has 0 amide bonds. The summed E-state index contributed by atoms with van der Waals surface area (Å²) in [5, 5.41) is 9.94. The van der Waals surface area contributed by atoms with Crippen molar-refractivity contribution < 1.29 is 19.4 Å². The van der Waals surface area contributed by atoms with Crippen LogP contribution in [0.2, 0.25) is 0 Å². The number of esters is 1. The molecular weight excluding hydrogens is 268 g/mol. The number of carbonyl (C=O) groups excluding carboxylic acids is 2. The zero-order valence-corrected chi connectivity index (χ0v) is 11.9. The summed E-state index contributed by atoms with van der Waals surface area (Å²) in [7, 11) is 1.33. The van der Waals surface area contributed by atoms with E-state index in [0.29, 0.717) is 23.8 Å². The highest BCUT2D eigenvalue weighted by molar-refractivity contribution is 5.91. The van der Waals surface area contributed by atoms with Crippen LogP contribution in [0.1, 0.15) is 33.2 Å². The zero-order valence-electron chi connectivity index (χ0n) is 11.9. The molecule has 0 bridgehead atoms. The third-order valence-corrected chi connectivity index (χ3v) is 3.34. The summed E-state index contributed by atoms with van der Waals surface area (Å²) in [6.45, 7) is 1.90. The van der Waals surface area contributed by atoms with Gasteiger partial charge in [0.15, 0.2) is 6.29 Å². The van der Waals surface area contributed by atoms with Crippen LogP contribution in [0.4, 0.5) is 0 Å². The van der Waals surface area contributed by atoms with Gasteiger partial charge in [-0.3, -0.25) is 4.79 Å². The zero-order chi connectivity index (χ0) is 15.4. The van der Waals surface area contributed by atoms with E-state index >= 15 is 0 Å². The van der Waals surface area contributed by atoms with Gasteiger partial charge in [0, 0.05) is 0 Å². The Kier molecular flexibility index (Phi) is 4.38. The van der Waals surface area contributed by atoms with E-state index in [4.69, 9.17) is 4.74 Å². The Morgan fingerprint density at radius 2 is 2.00 bits per heavy atom. The minimum atomic E-state index is -0.415. The van der Waals surface area contributed by atoms with Gasteiger partial charge in [0.25, 0.3) is 0 Å². The molecule has 0 aromatic heterocycles. The first-order valence-electron chi connectivity index (χ1n) is 6.60. The molecule has 0 saturated heterocycles. The van der Waals surface area contributed by atoms with Gasteiger partial charge in [-0.25, -0.2) is 4.79 Å². The van der Waals surface area contributed by atoms with Crippen molar-refractivity contribution in [1.82, 2.24) is 0 Å². The molecule has 0 heterocycles. The van der Waals surface area contributed by atoms with Crippen molar-refractivity contribution in [3.8, 4) is 16.9 Å². The molecular formula is C17H16O4. The minimum absolute atomic E-state index is 0.0142. The van der Waals surface area contributed by atoms with E-state index in [1.807, 2.05) is 19.1 Å². The molecule has 0 saturated carbocycles. The average molecular weight is 284 g/mol. The Labute approximate surface area is 123 Å². The molecule has 1 N–H and O–H groups in total.